The van der Waals surface area contributed by atoms with Gasteiger partial charge in [-0.05, 0) is 0 Å². The maximum absolute atomic E-state index is 11.7. The van der Waals surface area contributed by atoms with Crippen LogP contribution in [0.2, 0.25) is 0 Å². The summed E-state index contributed by atoms with van der Waals surface area (Å²) in [6, 6.07) is 8.71. The molecule has 1 rings (SSSR count). The number of rotatable bonds is 7. The Hall–Kier alpha value is -1.22. The first kappa shape index (κ1) is 15.8. The van der Waals surface area contributed by atoms with Crippen molar-refractivity contribution in [2.75, 3.05) is 19.1 Å². The molecule has 19 heavy (non-hydrogen) atoms. The number of benzene rings is 1. The normalized spacial score (nSPS) is 13.5. The number of ether oxygens (including phenoxy) is 1. The summed E-state index contributed by atoms with van der Waals surface area (Å²) in [5.41, 5.74) is 0.913. The van der Waals surface area contributed by atoms with E-state index in [1.54, 1.807) is 11.8 Å². The Morgan fingerprint density at radius 3 is 2.68 bits per heavy atom. The second kappa shape index (κ2) is 8.81. The molecule has 1 unspecified atom stereocenters. The first-order valence-corrected chi connectivity index (χ1v) is 7.42. The van der Waals surface area contributed by atoms with Crippen molar-refractivity contribution in [3.63, 3.8) is 0 Å². The van der Waals surface area contributed by atoms with Crippen LogP contribution in [0.4, 0.5) is 0 Å². The van der Waals surface area contributed by atoms with Gasteiger partial charge in [-0.25, -0.2) is 0 Å². The summed E-state index contributed by atoms with van der Waals surface area (Å²) in [4.78, 5) is 11.7. The van der Waals surface area contributed by atoms with Gasteiger partial charge in [-0.15, -0.1) is 0 Å². The zero-order valence-corrected chi connectivity index (χ0v) is 12.0. The van der Waals surface area contributed by atoms with Gasteiger partial charge < -0.3 is 0 Å². The Bertz CT molecular complexity index is 428. The predicted octanol–water partition coefficient (Wildman–Crippen LogP) is 2.20. The Labute approximate surface area is 119 Å². The van der Waals surface area contributed by atoms with Crippen LogP contribution in [0.5, 0.6) is 0 Å². The fourth-order valence-electron chi connectivity index (χ4n) is 1.72. The molecule has 0 saturated carbocycles. The molecule has 0 aliphatic heterocycles. The van der Waals surface area contributed by atoms with Crippen molar-refractivity contribution >= 4 is 17.7 Å². The number of carbonyl (C=O) groups is 1. The second-order valence-corrected chi connectivity index (χ2v) is 5.00. The van der Waals surface area contributed by atoms with Gasteiger partial charge in [0.25, 0.3) is 0 Å². The van der Waals surface area contributed by atoms with E-state index >= 15 is 0 Å². The van der Waals surface area contributed by atoms with Crippen molar-refractivity contribution in [3.05, 3.63) is 42.3 Å². The molecule has 0 saturated heterocycles. The fourth-order valence-corrected chi connectivity index (χ4v) is 2.19. The van der Waals surface area contributed by atoms with E-state index in [1.807, 2.05) is 36.6 Å². The molecule has 0 aliphatic rings. The van der Waals surface area contributed by atoms with Gasteiger partial charge in [0.15, 0.2) is 0 Å². The summed E-state index contributed by atoms with van der Waals surface area (Å²) >= 11 is 1.67. The molecule has 0 aliphatic carbocycles. The molecule has 3 nitrogen and oxygen atoms in total. The Kier molecular flexibility index (Phi) is 7.34. The molecule has 0 aromatic heterocycles. The standard InChI is InChI=1S/C15H18NO2S/c1-4-13(12-8-6-5-7-9-12)16-14(10-11-19-3)15(17)18-2/h5-9,13-14,16H,10-11H2,2-3H3/q+1/t13?,14-/m0/s1. The third-order valence-electron chi connectivity index (χ3n) is 2.74. The van der Waals surface area contributed by atoms with Gasteiger partial charge in [0.1, 0.15) is 0 Å². The summed E-state index contributed by atoms with van der Waals surface area (Å²) in [7, 11) is 1.38. The minimum absolute atomic E-state index is 0.301. The van der Waals surface area contributed by atoms with Gasteiger partial charge >= 0.3 is 118 Å². The number of methoxy groups -OCH3 is 1. The molecule has 0 bridgehead atoms. The van der Waals surface area contributed by atoms with E-state index in [0.717, 1.165) is 11.3 Å². The SMILES string of the molecule is [C+]#CC(N[C@@H](CCSC)C(=O)OC)c1ccccc1. The topological polar surface area (TPSA) is 38.3 Å². The van der Waals surface area contributed by atoms with Crippen molar-refractivity contribution in [3.8, 4) is 5.92 Å². The van der Waals surface area contributed by atoms with Crippen LogP contribution in [0.3, 0.4) is 0 Å². The molecule has 0 amide bonds. The molecule has 1 aromatic carbocycles. The maximum atomic E-state index is 11.7. The molecule has 4 heteroatoms. The molecule has 1 aromatic rings. The van der Waals surface area contributed by atoms with E-state index in [1.165, 1.54) is 7.11 Å². The number of thioether (sulfide) groups is 1. The molecule has 0 fully saturated rings. The van der Waals surface area contributed by atoms with Crippen LogP contribution in [0.1, 0.15) is 18.0 Å². The molecule has 0 spiro atoms. The Balaban J connectivity index is 2.76. The monoisotopic (exact) mass is 276 g/mol. The van der Waals surface area contributed by atoms with E-state index in [9.17, 15) is 4.79 Å². The number of hydrogen-bond acceptors (Lipinski definition) is 4. The number of carbonyl (C=O) groups excluding carboxylic acids is 1. The fraction of sp³-hybridized carbons (Fsp3) is 0.400. The molecule has 0 radical (unpaired) electrons. The van der Waals surface area contributed by atoms with E-state index in [-0.39, 0.29) is 5.97 Å². The van der Waals surface area contributed by atoms with Crippen LogP contribution in [0.15, 0.2) is 30.3 Å². The van der Waals surface area contributed by atoms with Gasteiger partial charge in [-0.3, -0.25) is 0 Å². The number of nitrogens with one attached hydrogen (secondary N) is 1. The van der Waals surface area contributed by atoms with Crippen molar-refractivity contribution in [1.82, 2.24) is 5.32 Å². The van der Waals surface area contributed by atoms with Crippen LogP contribution in [0, 0.1) is 12.3 Å². The van der Waals surface area contributed by atoms with E-state index in [2.05, 4.69) is 11.2 Å². The van der Waals surface area contributed by atoms with E-state index in [4.69, 9.17) is 11.2 Å². The average Bonchev–Trinajstić information content (AvgIpc) is 2.47. The molecular weight excluding hydrogens is 258 g/mol. The van der Waals surface area contributed by atoms with Crippen LogP contribution in [-0.4, -0.2) is 31.1 Å². The summed E-state index contributed by atoms with van der Waals surface area (Å²) < 4.78 is 4.79. The van der Waals surface area contributed by atoms with Gasteiger partial charge in [0.2, 0.25) is 0 Å². The zero-order valence-electron chi connectivity index (χ0n) is 11.2. The van der Waals surface area contributed by atoms with Crippen LogP contribution in [0.25, 0.3) is 0 Å². The number of esters is 1. The van der Waals surface area contributed by atoms with Gasteiger partial charge in [0, 0.05) is 0 Å². The zero-order chi connectivity index (χ0) is 14.1. The van der Waals surface area contributed by atoms with E-state index < -0.39 is 12.1 Å². The Morgan fingerprint density at radius 2 is 2.16 bits per heavy atom. The average molecular weight is 276 g/mol. The second-order valence-electron chi connectivity index (χ2n) is 4.01. The first-order valence-electron chi connectivity index (χ1n) is 6.03. The predicted molar refractivity (Wildman–Crippen MR) is 78.3 cm³/mol. The van der Waals surface area contributed by atoms with Gasteiger partial charge in [-0.1, -0.05) is 0 Å². The Morgan fingerprint density at radius 1 is 1.47 bits per heavy atom. The van der Waals surface area contributed by atoms with Gasteiger partial charge in [-0.2, -0.15) is 0 Å². The minimum atomic E-state index is -0.416. The summed E-state index contributed by atoms with van der Waals surface area (Å²) in [5.74, 6) is 2.98. The van der Waals surface area contributed by atoms with Crippen LogP contribution >= 0.6 is 11.8 Å². The molecule has 2 atom stereocenters. The van der Waals surface area contributed by atoms with Crippen LogP contribution < -0.4 is 5.32 Å². The van der Waals surface area contributed by atoms with Crippen molar-refractivity contribution in [1.29, 1.82) is 0 Å². The molecular formula is C15H18NO2S+. The third-order valence-corrected chi connectivity index (χ3v) is 3.39. The summed E-state index contributed by atoms with van der Waals surface area (Å²) in [6.07, 6.45) is 10.1. The summed E-state index contributed by atoms with van der Waals surface area (Å²) in [5, 5.41) is 3.12. The third kappa shape index (κ3) is 5.11. The van der Waals surface area contributed by atoms with Crippen LogP contribution in [-0.2, 0) is 9.53 Å². The molecule has 1 N–H and O–H groups in total. The molecule has 0 heterocycles. The quantitative estimate of drug-likeness (QED) is 0.471. The molecule has 100 valence electrons. The van der Waals surface area contributed by atoms with Crippen molar-refractivity contribution < 1.29 is 9.53 Å². The van der Waals surface area contributed by atoms with Crippen molar-refractivity contribution in [2.24, 2.45) is 0 Å². The number of hydrogen-bond donors (Lipinski definition) is 1. The van der Waals surface area contributed by atoms with E-state index in [0.29, 0.717) is 6.42 Å². The summed E-state index contributed by atoms with van der Waals surface area (Å²) in [6.45, 7) is 0. The van der Waals surface area contributed by atoms with Crippen molar-refractivity contribution in [2.45, 2.75) is 18.5 Å². The van der Waals surface area contributed by atoms with Gasteiger partial charge in [0.05, 0.1) is 0 Å². The first-order chi connectivity index (χ1) is 9.22.